The maximum atomic E-state index is 13.5. The molecule has 1 N–H and O–H groups in total. The molecule has 2 rings (SSSR count). The summed E-state index contributed by atoms with van der Waals surface area (Å²) >= 11 is 0. The van der Waals surface area contributed by atoms with Crippen molar-refractivity contribution in [2.24, 2.45) is 0 Å². The molecule has 0 radical (unpaired) electrons. The lowest BCUT2D eigenvalue weighted by Gasteiger charge is -2.22. The highest BCUT2D eigenvalue weighted by atomic mass is 19.1. The molecule has 0 fully saturated rings. The molecule has 0 saturated carbocycles. The van der Waals surface area contributed by atoms with Crippen molar-refractivity contribution in [1.29, 1.82) is 0 Å². The molecule has 0 saturated heterocycles. The number of amides is 1. The summed E-state index contributed by atoms with van der Waals surface area (Å²) in [5, 5.41) is 2.51. The molecule has 0 aromatic heterocycles. The van der Waals surface area contributed by atoms with E-state index in [1.165, 1.54) is 11.0 Å². The van der Waals surface area contributed by atoms with Crippen LogP contribution in [0.4, 0.5) is 20.2 Å². The highest BCUT2D eigenvalue weighted by Gasteiger charge is 2.15. The molecule has 22 heavy (non-hydrogen) atoms. The molecular formula is C17H16F2N2O. The van der Waals surface area contributed by atoms with Gasteiger partial charge in [0.05, 0.1) is 6.54 Å². The van der Waals surface area contributed by atoms with Gasteiger partial charge in [-0.15, -0.1) is 6.58 Å². The lowest BCUT2D eigenvalue weighted by molar-refractivity contribution is -0.116. The van der Waals surface area contributed by atoms with Crippen LogP contribution in [0.25, 0.3) is 0 Å². The van der Waals surface area contributed by atoms with Crippen molar-refractivity contribution in [1.82, 2.24) is 0 Å². The van der Waals surface area contributed by atoms with Gasteiger partial charge in [0.2, 0.25) is 5.91 Å². The minimum atomic E-state index is -0.734. The Hall–Kier alpha value is -2.69. The smallest absolute Gasteiger partial charge is 0.246 e. The summed E-state index contributed by atoms with van der Waals surface area (Å²) in [5.41, 5.74) is 0.394. The van der Waals surface area contributed by atoms with Crippen LogP contribution in [0.15, 0.2) is 61.2 Å². The monoisotopic (exact) mass is 302 g/mol. The predicted molar refractivity (Wildman–Crippen MR) is 83.8 cm³/mol. The molecule has 0 aliphatic carbocycles. The zero-order valence-corrected chi connectivity index (χ0v) is 11.9. The van der Waals surface area contributed by atoms with E-state index in [4.69, 9.17) is 0 Å². The first-order valence-corrected chi connectivity index (χ1v) is 6.77. The Bertz CT molecular complexity index is 639. The van der Waals surface area contributed by atoms with Gasteiger partial charge in [-0.2, -0.15) is 0 Å². The van der Waals surface area contributed by atoms with Crippen molar-refractivity contribution in [3.05, 3.63) is 72.8 Å². The van der Waals surface area contributed by atoms with E-state index in [1.54, 1.807) is 18.2 Å². The Morgan fingerprint density at radius 3 is 2.32 bits per heavy atom. The maximum absolute atomic E-state index is 13.5. The fourth-order valence-electron chi connectivity index (χ4n) is 2.01. The average Bonchev–Trinajstić information content (AvgIpc) is 2.52. The van der Waals surface area contributed by atoms with E-state index in [0.717, 1.165) is 12.1 Å². The molecule has 5 heteroatoms. The number of rotatable bonds is 6. The molecule has 1 amide bonds. The number of hydrogen-bond donors (Lipinski definition) is 1. The van der Waals surface area contributed by atoms with E-state index in [9.17, 15) is 13.6 Å². The Morgan fingerprint density at radius 2 is 1.73 bits per heavy atom. The molecule has 0 aliphatic rings. The van der Waals surface area contributed by atoms with Crippen LogP contribution < -0.4 is 10.2 Å². The van der Waals surface area contributed by atoms with E-state index >= 15 is 0 Å². The van der Waals surface area contributed by atoms with E-state index < -0.39 is 11.6 Å². The molecule has 0 aliphatic heterocycles. The van der Waals surface area contributed by atoms with Crippen molar-refractivity contribution in [3.8, 4) is 0 Å². The quantitative estimate of drug-likeness (QED) is 0.827. The van der Waals surface area contributed by atoms with Crippen LogP contribution in [0, 0.1) is 11.6 Å². The third-order valence-electron chi connectivity index (χ3n) is 3.06. The van der Waals surface area contributed by atoms with Crippen LogP contribution in [0.3, 0.4) is 0 Å². The summed E-state index contributed by atoms with van der Waals surface area (Å²) < 4.78 is 27.1. The summed E-state index contributed by atoms with van der Waals surface area (Å²) in [6, 6.07) is 12.6. The first-order chi connectivity index (χ1) is 10.6. The topological polar surface area (TPSA) is 32.3 Å². The SMILES string of the molecule is C=CCN(C(=O)CNc1c(F)cccc1F)c1ccccc1. The van der Waals surface area contributed by atoms with E-state index in [2.05, 4.69) is 11.9 Å². The van der Waals surface area contributed by atoms with Crippen molar-refractivity contribution in [3.63, 3.8) is 0 Å². The molecule has 0 spiro atoms. The van der Waals surface area contributed by atoms with Crippen LogP contribution >= 0.6 is 0 Å². The van der Waals surface area contributed by atoms with Gasteiger partial charge >= 0.3 is 0 Å². The van der Waals surface area contributed by atoms with Gasteiger partial charge in [-0.25, -0.2) is 8.78 Å². The fourth-order valence-corrected chi connectivity index (χ4v) is 2.01. The zero-order valence-electron chi connectivity index (χ0n) is 11.9. The van der Waals surface area contributed by atoms with Gasteiger partial charge < -0.3 is 10.2 Å². The van der Waals surface area contributed by atoms with Crippen LogP contribution in [-0.4, -0.2) is 19.0 Å². The molecule has 0 heterocycles. The summed E-state index contributed by atoms with van der Waals surface area (Å²) in [7, 11) is 0. The van der Waals surface area contributed by atoms with E-state index in [0.29, 0.717) is 12.2 Å². The lowest BCUT2D eigenvalue weighted by atomic mass is 10.2. The number of hydrogen-bond acceptors (Lipinski definition) is 2. The molecule has 0 bridgehead atoms. The molecule has 2 aromatic rings. The number of benzene rings is 2. The molecule has 3 nitrogen and oxygen atoms in total. The average molecular weight is 302 g/mol. The van der Waals surface area contributed by atoms with Crippen LogP contribution in [0.1, 0.15) is 0 Å². The maximum Gasteiger partial charge on any atom is 0.246 e. The summed E-state index contributed by atoms with van der Waals surface area (Å²) in [6.07, 6.45) is 1.59. The number of nitrogens with zero attached hydrogens (tertiary/aromatic N) is 1. The standard InChI is InChI=1S/C17H16F2N2O/c1-2-11-21(13-7-4-3-5-8-13)16(22)12-20-17-14(18)9-6-10-15(17)19/h2-10,20H,1,11-12H2. The first-order valence-electron chi connectivity index (χ1n) is 6.77. The van der Waals surface area contributed by atoms with Gasteiger partial charge in [-0.05, 0) is 24.3 Å². The molecule has 0 atom stereocenters. The Balaban J connectivity index is 2.11. The van der Waals surface area contributed by atoms with Gasteiger partial charge in [0.15, 0.2) is 0 Å². The van der Waals surface area contributed by atoms with E-state index in [-0.39, 0.29) is 18.1 Å². The largest absolute Gasteiger partial charge is 0.371 e. The van der Waals surface area contributed by atoms with Gasteiger partial charge in [0.1, 0.15) is 17.3 Å². The molecule has 2 aromatic carbocycles. The van der Waals surface area contributed by atoms with Gasteiger partial charge in [-0.1, -0.05) is 30.3 Å². The summed E-state index contributed by atoms with van der Waals surface area (Å²) in [5.74, 6) is -1.78. The van der Waals surface area contributed by atoms with Crippen molar-refractivity contribution in [2.75, 3.05) is 23.3 Å². The highest BCUT2D eigenvalue weighted by Crippen LogP contribution is 2.18. The lowest BCUT2D eigenvalue weighted by Crippen LogP contribution is -2.36. The minimum Gasteiger partial charge on any atom is -0.371 e. The molecule has 114 valence electrons. The zero-order chi connectivity index (χ0) is 15.9. The van der Waals surface area contributed by atoms with Crippen LogP contribution in [-0.2, 0) is 4.79 Å². The van der Waals surface area contributed by atoms with Crippen molar-refractivity contribution >= 4 is 17.3 Å². The number of anilines is 2. The Morgan fingerprint density at radius 1 is 1.09 bits per heavy atom. The number of carbonyl (C=O) groups is 1. The second-order valence-corrected chi connectivity index (χ2v) is 4.58. The number of halogens is 2. The molecular weight excluding hydrogens is 286 g/mol. The number of para-hydroxylation sites is 2. The fraction of sp³-hybridized carbons (Fsp3) is 0.118. The second kappa shape index (κ2) is 7.36. The first kappa shape index (κ1) is 15.7. The Labute approximate surface area is 127 Å². The summed E-state index contributed by atoms with van der Waals surface area (Å²) in [6.45, 7) is 3.71. The van der Waals surface area contributed by atoms with Crippen LogP contribution in [0.2, 0.25) is 0 Å². The van der Waals surface area contributed by atoms with Gasteiger partial charge in [0.25, 0.3) is 0 Å². The van der Waals surface area contributed by atoms with Crippen molar-refractivity contribution < 1.29 is 13.6 Å². The number of nitrogens with one attached hydrogen (secondary N) is 1. The number of carbonyl (C=O) groups excluding carboxylic acids is 1. The van der Waals surface area contributed by atoms with Crippen molar-refractivity contribution in [2.45, 2.75) is 0 Å². The molecule has 0 unspecified atom stereocenters. The summed E-state index contributed by atoms with van der Waals surface area (Å²) in [4.78, 5) is 13.8. The van der Waals surface area contributed by atoms with Gasteiger partial charge in [-0.3, -0.25) is 4.79 Å². The van der Waals surface area contributed by atoms with E-state index in [1.807, 2.05) is 18.2 Å². The predicted octanol–water partition coefficient (Wildman–Crippen LogP) is 3.60. The third kappa shape index (κ3) is 3.69. The second-order valence-electron chi connectivity index (χ2n) is 4.58. The highest BCUT2D eigenvalue weighted by molar-refractivity contribution is 5.96. The van der Waals surface area contributed by atoms with Crippen LogP contribution in [0.5, 0.6) is 0 Å². The Kier molecular flexibility index (Phi) is 5.25. The van der Waals surface area contributed by atoms with Gasteiger partial charge in [0, 0.05) is 12.2 Å². The minimum absolute atomic E-state index is 0.222. The third-order valence-corrected chi connectivity index (χ3v) is 3.06. The normalized spacial score (nSPS) is 10.1.